The van der Waals surface area contributed by atoms with Crippen LogP contribution in [-0.2, 0) is 19.1 Å². The van der Waals surface area contributed by atoms with Crippen molar-refractivity contribution < 1.29 is 29.3 Å². The van der Waals surface area contributed by atoms with Crippen LogP contribution >= 0.6 is 23.4 Å². The number of rotatable bonds is 9. The van der Waals surface area contributed by atoms with E-state index in [1.54, 1.807) is 25.4 Å². The van der Waals surface area contributed by atoms with E-state index in [0.29, 0.717) is 11.6 Å². The number of nitrogens with one attached hydrogen (secondary N) is 1. The lowest BCUT2D eigenvalue weighted by atomic mass is 9.53. The van der Waals surface area contributed by atoms with Crippen LogP contribution in [0.1, 0.15) is 40.0 Å². The molecule has 2 fully saturated rings. The molecule has 6 atom stereocenters. The number of amides is 2. The van der Waals surface area contributed by atoms with Crippen molar-refractivity contribution >= 4 is 35.2 Å². The Morgan fingerprint density at radius 2 is 2.06 bits per heavy atom. The molecular formula is C23H32ClN3O6S. The van der Waals surface area contributed by atoms with Gasteiger partial charge in [0.15, 0.2) is 5.16 Å². The fraction of sp³-hybridized carbons (Fsp3) is 0.652. The second kappa shape index (κ2) is 10.6. The summed E-state index contributed by atoms with van der Waals surface area (Å²) in [5.41, 5.74) is -3.71. The van der Waals surface area contributed by atoms with E-state index in [2.05, 4.69) is 15.3 Å². The number of allylic oxidation sites excluding steroid dienone is 1. The number of aliphatic hydroxyl groups excluding tert-OH is 1. The Kier molecular flexibility index (Phi) is 8.42. The normalized spacial score (nSPS) is 34.9. The third kappa shape index (κ3) is 4.76. The zero-order valence-corrected chi connectivity index (χ0v) is 21.4. The number of hydrogen-bond donors (Lipinski definition) is 3. The van der Waals surface area contributed by atoms with Crippen molar-refractivity contribution in [2.45, 2.75) is 74.7 Å². The number of hydrogen-bond acceptors (Lipinski definition) is 9. The zero-order valence-electron chi connectivity index (χ0n) is 19.8. The van der Waals surface area contributed by atoms with Gasteiger partial charge in [-0.05, 0) is 46.1 Å². The third-order valence-electron chi connectivity index (χ3n) is 6.80. The highest BCUT2D eigenvalue weighted by atomic mass is 35.5. The number of aliphatic hydroxyl groups is 2. The largest absolute Gasteiger partial charge is 0.390 e. The number of carbonyl (C=O) groups excluding carboxylic acids is 2. The minimum atomic E-state index is -1.82. The first-order valence-electron chi connectivity index (χ1n) is 11.1. The van der Waals surface area contributed by atoms with E-state index >= 15 is 0 Å². The van der Waals surface area contributed by atoms with Gasteiger partial charge in [-0.15, -0.1) is 11.6 Å². The van der Waals surface area contributed by atoms with Gasteiger partial charge in [0.25, 0.3) is 0 Å². The molecule has 1 aromatic rings. The van der Waals surface area contributed by atoms with E-state index in [0.717, 1.165) is 5.57 Å². The van der Waals surface area contributed by atoms with Crippen LogP contribution in [0.4, 0.5) is 0 Å². The summed E-state index contributed by atoms with van der Waals surface area (Å²) in [4.78, 5) is 34.5. The molecule has 9 nitrogen and oxygen atoms in total. The van der Waals surface area contributed by atoms with Gasteiger partial charge in [-0.1, -0.05) is 23.4 Å². The average Bonchev–Trinajstić information content (AvgIpc) is 3.49. The third-order valence-corrected chi connectivity index (χ3v) is 8.13. The maximum Gasteiger partial charge on any atom is 0.241 e. The highest BCUT2D eigenvalue weighted by Gasteiger charge is 2.80. The molecule has 11 heteroatoms. The number of epoxide rings is 1. The first-order valence-corrected chi connectivity index (χ1v) is 12.6. The number of halogens is 1. The topological polar surface area (TPSA) is 134 Å². The number of aromatic nitrogens is 2. The Bertz CT molecular complexity index is 933. The molecule has 34 heavy (non-hydrogen) atoms. The van der Waals surface area contributed by atoms with Crippen LogP contribution in [-0.4, -0.2) is 80.3 Å². The highest BCUT2D eigenvalue weighted by molar-refractivity contribution is 7.99. The van der Waals surface area contributed by atoms with Gasteiger partial charge in [0.05, 0.1) is 17.8 Å². The van der Waals surface area contributed by atoms with Crippen molar-refractivity contribution in [3.8, 4) is 0 Å². The second-order valence-electron chi connectivity index (χ2n) is 9.16. The summed E-state index contributed by atoms with van der Waals surface area (Å²) in [7, 11) is 1.37. The van der Waals surface area contributed by atoms with Gasteiger partial charge in [0, 0.05) is 25.3 Å². The van der Waals surface area contributed by atoms with Crippen molar-refractivity contribution in [3.63, 3.8) is 0 Å². The Labute approximate surface area is 208 Å². The summed E-state index contributed by atoms with van der Waals surface area (Å²) in [6.45, 7) is 5.63. The molecule has 2 aliphatic rings. The molecule has 1 aromatic heterocycles. The summed E-state index contributed by atoms with van der Waals surface area (Å²) in [6, 6.07) is 1.68. The number of alkyl halides is 1. The van der Waals surface area contributed by atoms with Crippen LogP contribution in [0.15, 0.2) is 35.3 Å². The van der Waals surface area contributed by atoms with Gasteiger partial charge in [-0.25, -0.2) is 9.97 Å². The maximum absolute atomic E-state index is 13.9. The number of carbonyl (C=O) groups is 2. The van der Waals surface area contributed by atoms with Crippen LogP contribution in [0.5, 0.6) is 0 Å². The van der Waals surface area contributed by atoms with Crippen molar-refractivity contribution in [3.05, 3.63) is 30.1 Å². The number of thioether (sulfide) groups is 1. The highest BCUT2D eigenvalue weighted by Crippen LogP contribution is 2.63. The van der Waals surface area contributed by atoms with Gasteiger partial charge in [-0.2, -0.15) is 0 Å². The summed E-state index contributed by atoms with van der Waals surface area (Å²) < 4.78 is 11.8. The smallest absolute Gasteiger partial charge is 0.241 e. The Morgan fingerprint density at radius 1 is 1.38 bits per heavy atom. The molecule has 1 saturated heterocycles. The minimum absolute atomic E-state index is 0.0143. The molecule has 0 aromatic carbocycles. The molecule has 6 unspecified atom stereocenters. The van der Waals surface area contributed by atoms with Gasteiger partial charge >= 0.3 is 0 Å². The quantitative estimate of drug-likeness (QED) is 0.149. The lowest BCUT2D eigenvalue weighted by Gasteiger charge is -2.56. The van der Waals surface area contributed by atoms with Gasteiger partial charge < -0.3 is 19.7 Å². The number of imide groups is 1. The molecule has 2 heterocycles. The van der Waals surface area contributed by atoms with Crippen LogP contribution in [0, 0.1) is 5.41 Å². The molecule has 1 saturated carbocycles. The molecule has 3 N–H and O–H groups in total. The Balaban J connectivity index is 2.12. The van der Waals surface area contributed by atoms with Gasteiger partial charge in [0.2, 0.25) is 11.8 Å². The van der Waals surface area contributed by atoms with E-state index in [1.807, 2.05) is 19.9 Å². The molecule has 3 rings (SSSR count). The van der Waals surface area contributed by atoms with E-state index in [1.165, 1.54) is 18.9 Å². The summed E-state index contributed by atoms with van der Waals surface area (Å²) >= 11 is 6.85. The van der Waals surface area contributed by atoms with Crippen molar-refractivity contribution in [1.82, 2.24) is 15.3 Å². The molecule has 0 spiro atoms. The Hall–Kier alpha value is -1.56. The lowest BCUT2D eigenvalue weighted by molar-refractivity contribution is -0.227. The van der Waals surface area contributed by atoms with Crippen molar-refractivity contribution in [2.75, 3.05) is 18.7 Å². The fourth-order valence-corrected chi connectivity index (χ4v) is 6.22. The summed E-state index contributed by atoms with van der Waals surface area (Å²) in [5, 5.41) is 25.9. The number of methoxy groups -OCH3 is 1. The van der Waals surface area contributed by atoms with Gasteiger partial charge in [0.1, 0.15) is 23.0 Å². The lowest BCUT2D eigenvalue weighted by Crippen LogP contribution is -2.75. The van der Waals surface area contributed by atoms with Crippen LogP contribution < -0.4 is 5.32 Å². The summed E-state index contributed by atoms with van der Waals surface area (Å²) in [5.74, 6) is -1.93. The van der Waals surface area contributed by atoms with Gasteiger partial charge in [-0.3, -0.25) is 14.9 Å². The molecule has 2 amide bonds. The predicted molar refractivity (Wildman–Crippen MR) is 127 cm³/mol. The first kappa shape index (κ1) is 27.0. The molecule has 0 bridgehead atoms. The molecule has 1 aliphatic heterocycles. The van der Waals surface area contributed by atoms with E-state index < -0.39 is 52.6 Å². The van der Waals surface area contributed by atoms with E-state index in [9.17, 15) is 19.8 Å². The Morgan fingerprint density at radius 3 is 2.65 bits per heavy atom. The predicted octanol–water partition coefficient (Wildman–Crippen LogP) is 1.85. The van der Waals surface area contributed by atoms with Crippen molar-refractivity contribution in [1.29, 1.82) is 0 Å². The van der Waals surface area contributed by atoms with Crippen LogP contribution in [0.25, 0.3) is 0 Å². The number of ether oxygens (including phenoxy) is 2. The molecule has 0 radical (unpaired) electrons. The minimum Gasteiger partial charge on any atom is -0.390 e. The summed E-state index contributed by atoms with van der Waals surface area (Å²) in [6.07, 6.45) is 3.27. The zero-order chi connectivity index (χ0) is 25.1. The monoisotopic (exact) mass is 513 g/mol. The fourth-order valence-electron chi connectivity index (χ4n) is 5.15. The molecule has 1 aliphatic carbocycles. The second-order valence-corrected chi connectivity index (χ2v) is 10.4. The SMILES string of the molecule is COC1C(O)CCC(O)(CSc2ncccn2)C1(C(=O)NC(=O)CCl)C1(C)OC1CC=C(C)C. The molecule has 188 valence electrons. The van der Waals surface area contributed by atoms with Crippen LogP contribution in [0.2, 0.25) is 0 Å². The van der Waals surface area contributed by atoms with Crippen LogP contribution in [0.3, 0.4) is 0 Å². The maximum atomic E-state index is 13.9. The number of nitrogens with zero attached hydrogens (tertiary/aromatic N) is 2. The van der Waals surface area contributed by atoms with E-state index in [-0.39, 0.29) is 18.6 Å². The first-order chi connectivity index (χ1) is 16.1. The standard InChI is InChI=1S/C23H32ClN3O6S/c1-14(2)6-7-16-21(3,33-16)23(19(30)27-17(29)12-24)18(32-4)15(28)8-9-22(23,31)13-34-20-25-10-5-11-26-20/h5-6,10-11,15-16,18,28,31H,7-9,12-13H2,1-4H3,(H,27,29,30). The molecular weight excluding hydrogens is 482 g/mol. The van der Waals surface area contributed by atoms with E-state index in [4.69, 9.17) is 21.1 Å². The van der Waals surface area contributed by atoms with Crippen molar-refractivity contribution in [2.24, 2.45) is 5.41 Å². The average molecular weight is 514 g/mol.